The van der Waals surface area contributed by atoms with Crippen molar-refractivity contribution in [3.8, 4) is 0 Å². The van der Waals surface area contributed by atoms with E-state index in [0.717, 1.165) is 33.9 Å². The highest BCUT2D eigenvalue weighted by Crippen LogP contribution is 2.19. The van der Waals surface area contributed by atoms with Crippen molar-refractivity contribution < 1.29 is 9.53 Å². The maximum atomic E-state index is 12.0. The van der Waals surface area contributed by atoms with E-state index in [1.165, 1.54) is 0 Å². The van der Waals surface area contributed by atoms with Crippen LogP contribution < -0.4 is 5.32 Å². The Kier molecular flexibility index (Phi) is 5.44. The Morgan fingerprint density at radius 3 is 3.11 bits per heavy atom. The van der Waals surface area contributed by atoms with E-state index in [0.29, 0.717) is 18.2 Å². The lowest BCUT2D eigenvalue weighted by Crippen LogP contribution is -2.27. The third-order valence-electron chi connectivity index (χ3n) is 2.95. The summed E-state index contributed by atoms with van der Waals surface area (Å²) in [4.78, 5) is 12.0. The van der Waals surface area contributed by atoms with Crippen LogP contribution in [0.4, 0.5) is 0 Å². The van der Waals surface area contributed by atoms with Crippen LogP contribution in [0.15, 0.2) is 22.7 Å². The van der Waals surface area contributed by atoms with Gasteiger partial charge in [-0.3, -0.25) is 4.79 Å². The molecule has 1 aliphatic rings. The molecule has 1 N–H and O–H groups in total. The summed E-state index contributed by atoms with van der Waals surface area (Å²) in [6, 6.07) is 5.75. The van der Waals surface area contributed by atoms with Crippen LogP contribution in [0.3, 0.4) is 0 Å². The zero-order chi connectivity index (χ0) is 13.0. The molecule has 3 nitrogen and oxygen atoms in total. The molecule has 1 saturated heterocycles. The zero-order valence-corrected chi connectivity index (χ0v) is 13.7. The van der Waals surface area contributed by atoms with E-state index in [1.807, 2.05) is 18.2 Å². The summed E-state index contributed by atoms with van der Waals surface area (Å²) in [6.07, 6.45) is 3.47. The molecule has 98 valence electrons. The van der Waals surface area contributed by atoms with Gasteiger partial charge in [-0.05, 0) is 76.0 Å². The fourth-order valence-corrected chi connectivity index (χ4v) is 2.90. The van der Waals surface area contributed by atoms with Crippen molar-refractivity contribution in [1.82, 2.24) is 5.32 Å². The lowest BCUT2D eigenvalue weighted by atomic mass is 10.1. The summed E-state index contributed by atoms with van der Waals surface area (Å²) in [5, 5.41) is 2.94. The summed E-state index contributed by atoms with van der Waals surface area (Å²) in [5.74, 6) is -0.0293. The first kappa shape index (κ1) is 14.3. The molecule has 1 aromatic rings. The third kappa shape index (κ3) is 3.93. The molecular formula is C13H15BrINO2. The van der Waals surface area contributed by atoms with E-state index in [2.05, 4.69) is 43.8 Å². The molecular weight excluding hydrogens is 409 g/mol. The van der Waals surface area contributed by atoms with Crippen LogP contribution in [0.5, 0.6) is 0 Å². The number of hydrogen-bond donors (Lipinski definition) is 1. The molecule has 1 aromatic carbocycles. The second kappa shape index (κ2) is 6.86. The Bertz CT molecular complexity index is 433. The molecule has 0 spiro atoms. The molecule has 0 radical (unpaired) electrons. The van der Waals surface area contributed by atoms with E-state index in [-0.39, 0.29) is 5.91 Å². The van der Waals surface area contributed by atoms with Gasteiger partial charge in [0.2, 0.25) is 0 Å². The van der Waals surface area contributed by atoms with Gasteiger partial charge in [0.15, 0.2) is 0 Å². The van der Waals surface area contributed by atoms with Crippen molar-refractivity contribution >= 4 is 44.4 Å². The molecule has 0 saturated carbocycles. The molecule has 1 aliphatic heterocycles. The Labute approximate surface area is 129 Å². The predicted molar refractivity (Wildman–Crippen MR) is 82.8 cm³/mol. The minimum absolute atomic E-state index is 0.0293. The summed E-state index contributed by atoms with van der Waals surface area (Å²) >= 11 is 5.60. The summed E-state index contributed by atoms with van der Waals surface area (Å²) in [7, 11) is 0. The van der Waals surface area contributed by atoms with Crippen LogP contribution in [0.2, 0.25) is 0 Å². The van der Waals surface area contributed by atoms with Gasteiger partial charge in [-0.25, -0.2) is 0 Å². The van der Waals surface area contributed by atoms with Crippen molar-refractivity contribution in [2.24, 2.45) is 0 Å². The van der Waals surface area contributed by atoms with E-state index in [9.17, 15) is 4.79 Å². The summed E-state index contributed by atoms with van der Waals surface area (Å²) in [5.41, 5.74) is 0.689. The van der Waals surface area contributed by atoms with E-state index < -0.39 is 0 Å². The Morgan fingerprint density at radius 2 is 2.39 bits per heavy atom. The number of carbonyl (C=O) groups is 1. The SMILES string of the molecule is O=C(NCCC1CCCO1)c1cc(I)ccc1Br. The maximum Gasteiger partial charge on any atom is 0.252 e. The first-order valence-electron chi connectivity index (χ1n) is 6.01. The minimum Gasteiger partial charge on any atom is -0.378 e. The average molecular weight is 424 g/mol. The van der Waals surface area contributed by atoms with Crippen LogP contribution in [-0.2, 0) is 4.74 Å². The van der Waals surface area contributed by atoms with Gasteiger partial charge < -0.3 is 10.1 Å². The van der Waals surface area contributed by atoms with Crippen LogP contribution in [-0.4, -0.2) is 25.2 Å². The molecule has 0 aliphatic carbocycles. The highest BCUT2D eigenvalue weighted by molar-refractivity contribution is 14.1. The number of rotatable bonds is 4. The normalized spacial score (nSPS) is 18.9. The van der Waals surface area contributed by atoms with Crippen molar-refractivity contribution in [1.29, 1.82) is 0 Å². The van der Waals surface area contributed by atoms with Gasteiger partial charge in [0.1, 0.15) is 0 Å². The largest absolute Gasteiger partial charge is 0.378 e. The number of nitrogens with one attached hydrogen (secondary N) is 1. The molecule has 1 amide bonds. The molecule has 0 bridgehead atoms. The van der Waals surface area contributed by atoms with Crippen LogP contribution in [0.25, 0.3) is 0 Å². The fourth-order valence-electron chi connectivity index (χ4n) is 1.99. The number of ether oxygens (including phenoxy) is 1. The van der Waals surface area contributed by atoms with Crippen LogP contribution >= 0.6 is 38.5 Å². The molecule has 1 atom stereocenters. The fraction of sp³-hybridized carbons (Fsp3) is 0.462. The zero-order valence-electron chi connectivity index (χ0n) is 9.92. The second-order valence-electron chi connectivity index (χ2n) is 4.30. The highest BCUT2D eigenvalue weighted by Gasteiger charge is 2.16. The topological polar surface area (TPSA) is 38.3 Å². The Morgan fingerprint density at radius 1 is 1.56 bits per heavy atom. The lowest BCUT2D eigenvalue weighted by Gasteiger charge is -2.11. The number of halogens is 2. The first-order valence-corrected chi connectivity index (χ1v) is 7.89. The van der Waals surface area contributed by atoms with Gasteiger partial charge in [-0.1, -0.05) is 0 Å². The van der Waals surface area contributed by atoms with E-state index in [1.54, 1.807) is 0 Å². The number of carbonyl (C=O) groups excluding carboxylic acids is 1. The van der Waals surface area contributed by atoms with Gasteiger partial charge in [0.25, 0.3) is 5.91 Å². The molecule has 2 rings (SSSR count). The van der Waals surface area contributed by atoms with Crippen LogP contribution in [0, 0.1) is 3.57 Å². The standard InChI is InChI=1S/C13H15BrINO2/c14-12-4-3-9(15)8-11(12)13(17)16-6-5-10-2-1-7-18-10/h3-4,8,10H,1-2,5-7H2,(H,16,17). The monoisotopic (exact) mass is 423 g/mol. The predicted octanol–water partition coefficient (Wildman–Crippen LogP) is 3.35. The van der Waals surface area contributed by atoms with Gasteiger partial charge in [-0.15, -0.1) is 0 Å². The molecule has 5 heteroatoms. The summed E-state index contributed by atoms with van der Waals surface area (Å²) in [6.45, 7) is 1.53. The Balaban J connectivity index is 1.85. The molecule has 1 heterocycles. The van der Waals surface area contributed by atoms with Gasteiger partial charge in [0.05, 0.1) is 11.7 Å². The van der Waals surface area contributed by atoms with Gasteiger partial charge in [-0.2, -0.15) is 0 Å². The molecule has 0 aromatic heterocycles. The van der Waals surface area contributed by atoms with Crippen molar-refractivity contribution in [2.75, 3.05) is 13.2 Å². The van der Waals surface area contributed by atoms with E-state index >= 15 is 0 Å². The minimum atomic E-state index is -0.0293. The number of benzene rings is 1. The van der Waals surface area contributed by atoms with Gasteiger partial charge in [0, 0.05) is 21.2 Å². The van der Waals surface area contributed by atoms with Crippen molar-refractivity contribution in [3.05, 3.63) is 31.8 Å². The quantitative estimate of drug-likeness (QED) is 0.754. The maximum absolute atomic E-state index is 12.0. The first-order chi connectivity index (χ1) is 8.66. The van der Waals surface area contributed by atoms with Crippen molar-refractivity contribution in [3.63, 3.8) is 0 Å². The lowest BCUT2D eigenvalue weighted by molar-refractivity contribution is 0.0906. The number of hydrogen-bond acceptors (Lipinski definition) is 2. The molecule has 1 unspecified atom stereocenters. The smallest absolute Gasteiger partial charge is 0.252 e. The van der Waals surface area contributed by atoms with Crippen LogP contribution in [0.1, 0.15) is 29.6 Å². The molecule has 1 fully saturated rings. The second-order valence-corrected chi connectivity index (χ2v) is 6.40. The number of amides is 1. The van der Waals surface area contributed by atoms with Crippen molar-refractivity contribution in [2.45, 2.75) is 25.4 Å². The highest BCUT2D eigenvalue weighted by atomic mass is 127. The van der Waals surface area contributed by atoms with E-state index in [4.69, 9.17) is 4.74 Å². The average Bonchev–Trinajstić information content (AvgIpc) is 2.85. The summed E-state index contributed by atoms with van der Waals surface area (Å²) < 4.78 is 7.41. The molecule has 18 heavy (non-hydrogen) atoms. The Hall–Kier alpha value is -0.140. The third-order valence-corrected chi connectivity index (χ3v) is 4.31. The van der Waals surface area contributed by atoms with Gasteiger partial charge >= 0.3 is 0 Å².